The Bertz CT molecular complexity index is 460. The first-order valence-electron chi connectivity index (χ1n) is 6.42. The van der Waals surface area contributed by atoms with Crippen LogP contribution in [0, 0.1) is 0 Å². The van der Waals surface area contributed by atoms with Crippen molar-refractivity contribution in [3.63, 3.8) is 0 Å². The lowest BCUT2D eigenvalue weighted by Crippen LogP contribution is -2.52. The first kappa shape index (κ1) is 14.3. The number of carboxylic acid groups (broad SMARTS) is 1. The summed E-state index contributed by atoms with van der Waals surface area (Å²) in [5.41, 5.74) is -0.869. The molecule has 0 spiro atoms. The van der Waals surface area contributed by atoms with Gasteiger partial charge in [-0.1, -0.05) is 18.7 Å². The second-order valence-electron chi connectivity index (χ2n) is 5.41. The number of hydrogen-bond acceptors (Lipinski definition) is 5. The van der Waals surface area contributed by atoms with Gasteiger partial charge in [-0.25, -0.2) is 0 Å². The summed E-state index contributed by atoms with van der Waals surface area (Å²) in [5, 5.41) is 21.5. The molecule has 1 aliphatic rings. The summed E-state index contributed by atoms with van der Waals surface area (Å²) in [6, 6.07) is 0.369. The third kappa shape index (κ3) is 3.70. The quantitative estimate of drug-likeness (QED) is 0.734. The molecule has 1 aromatic rings. The van der Waals surface area contributed by atoms with Crippen LogP contribution in [0.4, 0.5) is 0 Å². The Labute approximate surface area is 117 Å². The molecule has 2 N–H and O–H groups in total. The summed E-state index contributed by atoms with van der Waals surface area (Å²) in [6.45, 7) is 3.79. The summed E-state index contributed by atoms with van der Waals surface area (Å²) < 4.78 is 1.84. The topological polar surface area (TPSA) is 80.0 Å². The normalized spacial score (nSPS) is 19.9. The van der Waals surface area contributed by atoms with E-state index in [4.69, 9.17) is 0 Å². The Morgan fingerprint density at radius 1 is 1.74 bits per heavy atom. The van der Waals surface area contributed by atoms with Gasteiger partial charge in [-0.15, -0.1) is 10.2 Å². The second-order valence-corrected chi connectivity index (χ2v) is 6.82. The van der Waals surface area contributed by atoms with E-state index in [1.807, 2.05) is 18.5 Å². The molecule has 2 rings (SSSR count). The average molecular weight is 284 g/mol. The molecule has 0 saturated heterocycles. The van der Waals surface area contributed by atoms with E-state index in [0.717, 1.165) is 18.0 Å². The maximum atomic E-state index is 11.5. The fourth-order valence-electron chi connectivity index (χ4n) is 2.06. The highest BCUT2D eigenvalue weighted by Crippen LogP contribution is 2.30. The monoisotopic (exact) mass is 284 g/mol. The fourth-order valence-corrected chi connectivity index (χ4v) is 3.15. The Balaban J connectivity index is 1.96. The van der Waals surface area contributed by atoms with E-state index in [2.05, 4.69) is 15.5 Å². The smallest absolute Gasteiger partial charge is 0.323 e. The number of aliphatic carboxylic acids is 1. The lowest BCUT2D eigenvalue weighted by Gasteiger charge is -2.29. The van der Waals surface area contributed by atoms with E-state index in [9.17, 15) is 9.90 Å². The lowest BCUT2D eigenvalue weighted by molar-refractivity contribution is -0.144. The fraction of sp³-hybridized carbons (Fsp3) is 0.750. The standard InChI is InChI=1S/C12H20N4O2S/c1-8(19-11-15-13-7-16(11)3)6-12(2,10(17)18)14-9-4-5-9/h7-9,14H,4-6H2,1-3H3,(H,17,18). The number of nitrogens with one attached hydrogen (secondary N) is 1. The molecule has 1 heterocycles. The molecular formula is C12H20N4O2S. The summed E-state index contributed by atoms with van der Waals surface area (Å²) in [5.74, 6) is -0.787. The number of hydrogen-bond donors (Lipinski definition) is 2. The van der Waals surface area contributed by atoms with Gasteiger partial charge < -0.3 is 9.67 Å². The maximum absolute atomic E-state index is 11.5. The average Bonchev–Trinajstić information content (AvgIpc) is 3.02. The second kappa shape index (κ2) is 5.50. The third-order valence-electron chi connectivity index (χ3n) is 3.24. The van der Waals surface area contributed by atoms with Crippen LogP contribution in [0.3, 0.4) is 0 Å². The predicted octanol–water partition coefficient (Wildman–Crippen LogP) is 1.28. The largest absolute Gasteiger partial charge is 0.480 e. The van der Waals surface area contributed by atoms with Crippen molar-refractivity contribution in [2.45, 2.75) is 55.1 Å². The molecular weight excluding hydrogens is 264 g/mol. The van der Waals surface area contributed by atoms with Crippen LogP contribution in [0.1, 0.15) is 33.1 Å². The molecule has 0 radical (unpaired) electrons. The molecule has 1 aromatic heterocycles. The molecule has 1 saturated carbocycles. The molecule has 2 atom stereocenters. The highest BCUT2D eigenvalue weighted by Gasteiger charge is 2.39. The highest BCUT2D eigenvalue weighted by molar-refractivity contribution is 7.99. The minimum Gasteiger partial charge on any atom is -0.480 e. The zero-order valence-electron chi connectivity index (χ0n) is 11.5. The van der Waals surface area contributed by atoms with Crippen molar-refractivity contribution in [3.8, 4) is 0 Å². The Hall–Kier alpha value is -1.08. The van der Waals surface area contributed by atoms with E-state index in [1.54, 1.807) is 25.0 Å². The van der Waals surface area contributed by atoms with Crippen LogP contribution >= 0.6 is 11.8 Å². The van der Waals surface area contributed by atoms with Crippen LogP contribution in [0.15, 0.2) is 11.5 Å². The third-order valence-corrected chi connectivity index (χ3v) is 4.39. The number of thioether (sulfide) groups is 1. The molecule has 1 fully saturated rings. The molecule has 0 aliphatic heterocycles. The van der Waals surface area contributed by atoms with Gasteiger partial charge in [0.05, 0.1) is 0 Å². The minimum atomic E-state index is -0.869. The van der Waals surface area contributed by atoms with Gasteiger partial charge in [0.2, 0.25) is 0 Å². The van der Waals surface area contributed by atoms with Crippen LogP contribution in [-0.4, -0.2) is 42.7 Å². The molecule has 106 valence electrons. The molecule has 2 unspecified atom stereocenters. The number of carbonyl (C=O) groups is 1. The zero-order valence-corrected chi connectivity index (χ0v) is 12.3. The van der Waals surface area contributed by atoms with Crippen molar-refractivity contribution in [1.29, 1.82) is 0 Å². The first-order chi connectivity index (χ1) is 8.90. The molecule has 0 amide bonds. The SMILES string of the molecule is CC(CC(C)(NC1CC1)C(=O)O)Sc1nncn1C. The molecule has 19 heavy (non-hydrogen) atoms. The number of carboxylic acids is 1. The number of aryl methyl sites for hydroxylation is 1. The van der Waals surface area contributed by atoms with Gasteiger partial charge in [0.1, 0.15) is 11.9 Å². The van der Waals surface area contributed by atoms with Crippen LogP contribution < -0.4 is 5.32 Å². The van der Waals surface area contributed by atoms with Crippen molar-refractivity contribution >= 4 is 17.7 Å². The Morgan fingerprint density at radius 2 is 2.42 bits per heavy atom. The lowest BCUT2D eigenvalue weighted by atomic mass is 9.96. The van der Waals surface area contributed by atoms with Gasteiger partial charge in [0.25, 0.3) is 0 Å². The van der Waals surface area contributed by atoms with Gasteiger partial charge in [-0.05, 0) is 26.2 Å². The van der Waals surface area contributed by atoms with E-state index in [1.165, 1.54) is 0 Å². The molecule has 1 aliphatic carbocycles. The van der Waals surface area contributed by atoms with Crippen LogP contribution in [0.2, 0.25) is 0 Å². The van der Waals surface area contributed by atoms with Crippen molar-refractivity contribution in [2.75, 3.05) is 0 Å². The van der Waals surface area contributed by atoms with E-state index in [-0.39, 0.29) is 5.25 Å². The summed E-state index contributed by atoms with van der Waals surface area (Å²) in [7, 11) is 1.88. The van der Waals surface area contributed by atoms with E-state index in [0.29, 0.717) is 12.5 Å². The summed E-state index contributed by atoms with van der Waals surface area (Å²) in [4.78, 5) is 11.5. The Kier molecular flexibility index (Phi) is 4.15. The highest BCUT2D eigenvalue weighted by atomic mass is 32.2. The maximum Gasteiger partial charge on any atom is 0.323 e. The van der Waals surface area contributed by atoms with Crippen LogP contribution in [-0.2, 0) is 11.8 Å². The zero-order chi connectivity index (χ0) is 14.0. The van der Waals surface area contributed by atoms with Gasteiger partial charge >= 0.3 is 5.97 Å². The molecule has 0 bridgehead atoms. The summed E-state index contributed by atoms with van der Waals surface area (Å²) >= 11 is 1.55. The number of nitrogens with zero attached hydrogens (tertiary/aromatic N) is 3. The van der Waals surface area contributed by atoms with Crippen molar-refractivity contribution in [1.82, 2.24) is 20.1 Å². The minimum absolute atomic E-state index is 0.148. The van der Waals surface area contributed by atoms with Crippen molar-refractivity contribution < 1.29 is 9.90 Å². The summed E-state index contributed by atoms with van der Waals surface area (Å²) in [6.07, 6.45) is 4.35. The van der Waals surface area contributed by atoms with Crippen molar-refractivity contribution in [2.24, 2.45) is 7.05 Å². The number of aromatic nitrogens is 3. The molecule has 6 nitrogen and oxygen atoms in total. The van der Waals surface area contributed by atoms with Gasteiger partial charge in [0.15, 0.2) is 5.16 Å². The van der Waals surface area contributed by atoms with Gasteiger partial charge in [-0.2, -0.15) is 0 Å². The predicted molar refractivity (Wildman–Crippen MR) is 73.1 cm³/mol. The molecule has 7 heteroatoms. The van der Waals surface area contributed by atoms with Gasteiger partial charge in [0, 0.05) is 18.3 Å². The number of rotatable bonds is 7. The van der Waals surface area contributed by atoms with Crippen LogP contribution in [0.5, 0.6) is 0 Å². The van der Waals surface area contributed by atoms with Gasteiger partial charge in [-0.3, -0.25) is 10.1 Å². The van der Waals surface area contributed by atoms with E-state index < -0.39 is 11.5 Å². The van der Waals surface area contributed by atoms with E-state index >= 15 is 0 Å². The first-order valence-corrected chi connectivity index (χ1v) is 7.30. The Morgan fingerprint density at radius 3 is 2.89 bits per heavy atom. The molecule has 0 aromatic carbocycles. The van der Waals surface area contributed by atoms with Crippen LogP contribution in [0.25, 0.3) is 0 Å². The van der Waals surface area contributed by atoms with Crippen molar-refractivity contribution in [3.05, 3.63) is 6.33 Å².